The molecule has 2 heterocycles. The summed E-state index contributed by atoms with van der Waals surface area (Å²) < 4.78 is 1.84. The van der Waals surface area contributed by atoms with Crippen LogP contribution in [0, 0.1) is 13.8 Å². The maximum Gasteiger partial charge on any atom is 0.262 e. The molecule has 0 saturated heterocycles. The van der Waals surface area contributed by atoms with E-state index in [-0.39, 0.29) is 11.0 Å². The number of nitrogens with zero attached hydrogens (tertiary/aromatic N) is 3. The van der Waals surface area contributed by atoms with E-state index in [1.54, 1.807) is 11.3 Å². The zero-order valence-electron chi connectivity index (χ0n) is 17.4. The Kier molecular flexibility index (Phi) is 5.28. The number of benzene rings is 1. The Morgan fingerprint density at radius 1 is 1.11 bits per heavy atom. The van der Waals surface area contributed by atoms with Crippen LogP contribution < -0.4 is 5.56 Å². The Morgan fingerprint density at radius 2 is 1.74 bits per heavy atom. The van der Waals surface area contributed by atoms with Crippen molar-refractivity contribution in [2.75, 3.05) is 14.1 Å². The molecule has 0 spiro atoms. The zero-order chi connectivity index (χ0) is 19.9. The summed E-state index contributed by atoms with van der Waals surface area (Å²) in [5, 5.41) is 0.770. The number of aromatic nitrogens is 2. The van der Waals surface area contributed by atoms with E-state index in [4.69, 9.17) is 4.98 Å². The molecular weight excluding hydrogens is 354 g/mol. The molecule has 1 aromatic carbocycles. The van der Waals surface area contributed by atoms with Crippen molar-refractivity contribution in [3.63, 3.8) is 0 Å². The van der Waals surface area contributed by atoms with E-state index < -0.39 is 0 Å². The number of hydrogen-bond donors (Lipinski definition) is 0. The minimum atomic E-state index is 0.0681. The lowest BCUT2D eigenvalue weighted by atomic mass is 9.87. The van der Waals surface area contributed by atoms with E-state index in [1.807, 2.05) is 25.6 Å². The lowest BCUT2D eigenvalue weighted by molar-refractivity contribution is 0.379. The lowest BCUT2D eigenvalue weighted by Crippen LogP contribution is -2.28. The Balaban J connectivity index is 2.10. The van der Waals surface area contributed by atoms with Crippen molar-refractivity contribution in [2.24, 2.45) is 0 Å². The molecule has 0 fully saturated rings. The van der Waals surface area contributed by atoms with E-state index >= 15 is 0 Å². The molecule has 144 valence electrons. The fourth-order valence-electron chi connectivity index (χ4n) is 3.23. The van der Waals surface area contributed by atoms with Gasteiger partial charge in [-0.3, -0.25) is 9.36 Å². The number of thiophene rings is 1. The molecule has 0 N–H and O–H groups in total. The van der Waals surface area contributed by atoms with Crippen molar-refractivity contribution < 1.29 is 0 Å². The lowest BCUT2D eigenvalue weighted by Gasteiger charge is -2.20. The molecule has 3 rings (SSSR count). The topological polar surface area (TPSA) is 38.1 Å². The molecule has 3 aromatic rings. The standard InChI is InChI=1S/C22H29N3OS/c1-14-15(2)27-20-19(14)21(26)25(18(23-20)13-24(6)7)12-16-8-10-17(11-9-16)22(3,4)5/h8-11H,12-13H2,1-7H3. The van der Waals surface area contributed by atoms with Crippen molar-refractivity contribution in [3.8, 4) is 0 Å². The Hall–Kier alpha value is -1.98. The SMILES string of the molecule is Cc1sc2nc(CN(C)C)n(Cc3ccc(C(C)(C)C)cc3)c(=O)c2c1C. The van der Waals surface area contributed by atoms with Crippen LogP contribution in [-0.4, -0.2) is 28.5 Å². The highest BCUT2D eigenvalue weighted by Gasteiger charge is 2.18. The van der Waals surface area contributed by atoms with E-state index in [9.17, 15) is 4.79 Å². The first-order chi connectivity index (χ1) is 12.6. The Morgan fingerprint density at radius 3 is 2.30 bits per heavy atom. The molecule has 0 radical (unpaired) electrons. The molecule has 27 heavy (non-hydrogen) atoms. The molecule has 4 nitrogen and oxygen atoms in total. The van der Waals surface area contributed by atoms with E-state index in [1.165, 1.54) is 5.56 Å². The van der Waals surface area contributed by atoms with Gasteiger partial charge >= 0.3 is 0 Å². The molecule has 2 aromatic heterocycles. The summed E-state index contributed by atoms with van der Waals surface area (Å²) in [6, 6.07) is 8.58. The fourth-order valence-corrected chi connectivity index (χ4v) is 4.27. The quantitative estimate of drug-likeness (QED) is 0.667. The number of aryl methyl sites for hydroxylation is 2. The largest absolute Gasteiger partial charge is 0.302 e. The van der Waals surface area contributed by atoms with Gasteiger partial charge in [0.25, 0.3) is 5.56 Å². The Labute approximate surface area is 165 Å². The summed E-state index contributed by atoms with van der Waals surface area (Å²) in [5.41, 5.74) is 3.66. The van der Waals surface area contributed by atoms with Crippen LogP contribution in [0.4, 0.5) is 0 Å². The van der Waals surface area contributed by atoms with Crippen molar-refractivity contribution in [2.45, 2.75) is 53.1 Å². The van der Waals surface area contributed by atoms with Crippen LogP contribution in [0.25, 0.3) is 10.2 Å². The van der Waals surface area contributed by atoms with E-state index in [0.29, 0.717) is 13.1 Å². The van der Waals surface area contributed by atoms with Crippen LogP contribution in [0.15, 0.2) is 29.1 Å². The molecular formula is C22H29N3OS. The first-order valence-electron chi connectivity index (χ1n) is 9.31. The molecule has 0 bridgehead atoms. The molecule has 0 aliphatic rings. The molecule has 0 saturated carbocycles. The molecule has 0 unspecified atom stereocenters. The van der Waals surface area contributed by atoms with Gasteiger partial charge in [-0.25, -0.2) is 4.98 Å². The third-order valence-electron chi connectivity index (χ3n) is 4.99. The van der Waals surface area contributed by atoms with E-state index in [2.05, 4.69) is 56.9 Å². The van der Waals surface area contributed by atoms with Gasteiger partial charge in [0.1, 0.15) is 10.7 Å². The summed E-state index contributed by atoms with van der Waals surface area (Å²) in [4.78, 5) is 22.2. The van der Waals surface area contributed by atoms with Gasteiger partial charge in [-0.15, -0.1) is 11.3 Å². The maximum atomic E-state index is 13.3. The van der Waals surface area contributed by atoms with Crippen LogP contribution in [0.2, 0.25) is 0 Å². The molecule has 0 aliphatic carbocycles. The van der Waals surface area contributed by atoms with Gasteiger partial charge in [-0.05, 0) is 50.0 Å². The normalized spacial score (nSPS) is 12.3. The van der Waals surface area contributed by atoms with Crippen LogP contribution in [0.1, 0.15) is 48.2 Å². The first kappa shape index (κ1) is 19.8. The fraction of sp³-hybridized carbons (Fsp3) is 0.455. The van der Waals surface area contributed by atoms with Gasteiger partial charge in [0, 0.05) is 4.88 Å². The van der Waals surface area contributed by atoms with Crippen LogP contribution in [-0.2, 0) is 18.5 Å². The average molecular weight is 384 g/mol. The average Bonchev–Trinajstić information content (AvgIpc) is 2.84. The molecule has 0 atom stereocenters. The van der Waals surface area contributed by atoms with Gasteiger partial charge in [-0.2, -0.15) is 0 Å². The molecule has 0 aliphatic heterocycles. The van der Waals surface area contributed by atoms with Crippen LogP contribution in [0.5, 0.6) is 0 Å². The third kappa shape index (κ3) is 3.99. The summed E-state index contributed by atoms with van der Waals surface area (Å²) in [5.74, 6) is 0.818. The number of fused-ring (bicyclic) bond motifs is 1. The zero-order valence-corrected chi connectivity index (χ0v) is 18.2. The summed E-state index contributed by atoms with van der Waals surface area (Å²) in [6.45, 7) is 11.9. The monoisotopic (exact) mass is 383 g/mol. The minimum absolute atomic E-state index is 0.0681. The predicted molar refractivity (Wildman–Crippen MR) is 115 cm³/mol. The number of hydrogen-bond acceptors (Lipinski definition) is 4. The van der Waals surface area contributed by atoms with Gasteiger partial charge in [0.15, 0.2) is 0 Å². The smallest absolute Gasteiger partial charge is 0.262 e. The van der Waals surface area contributed by atoms with Gasteiger partial charge < -0.3 is 4.90 Å². The second-order valence-corrected chi connectivity index (χ2v) is 9.77. The molecule has 0 amide bonds. The predicted octanol–water partition coefficient (Wildman–Crippen LogP) is 4.48. The highest BCUT2D eigenvalue weighted by atomic mass is 32.1. The highest BCUT2D eigenvalue weighted by Crippen LogP contribution is 2.27. The van der Waals surface area contributed by atoms with Gasteiger partial charge in [-0.1, -0.05) is 45.0 Å². The highest BCUT2D eigenvalue weighted by molar-refractivity contribution is 7.18. The van der Waals surface area contributed by atoms with Crippen molar-refractivity contribution in [1.82, 2.24) is 14.5 Å². The van der Waals surface area contributed by atoms with Crippen molar-refractivity contribution in [3.05, 3.63) is 62.0 Å². The van der Waals surface area contributed by atoms with Crippen molar-refractivity contribution in [1.29, 1.82) is 0 Å². The number of rotatable bonds is 4. The molecule has 5 heteroatoms. The van der Waals surface area contributed by atoms with E-state index in [0.717, 1.165) is 32.0 Å². The minimum Gasteiger partial charge on any atom is -0.302 e. The summed E-state index contributed by atoms with van der Waals surface area (Å²) in [6.07, 6.45) is 0. The first-order valence-corrected chi connectivity index (χ1v) is 10.1. The third-order valence-corrected chi connectivity index (χ3v) is 6.09. The summed E-state index contributed by atoms with van der Waals surface area (Å²) in [7, 11) is 4.01. The van der Waals surface area contributed by atoms with Crippen LogP contribution in [0.3, 0.4) is 0 Å². The van der Waals surface area contributed by atoms with Gasteiger partial charge in [0.05, 0.1) is 18.5 Å². The van der Waals surface area contributed by atoms with Crippen molar-refractivity contribution >= 4 is 21.6 Å². The second-order valence-electron chi connectivity index (χ2n) is 8.57. The second kappa shape index (κ2) is 7.21. The maximum absolute atomic E-state index is 13.3. The Bertz CT molecular complexity index is 1020. The van der Waals surface area contributed by atoms with Gasteiger partial charge in [0.2, 0.25) is 0 Å². The van der Waals surface area contributed by atoms with Crippen LogP contribution >= 0.6 is 11.3 Å². The summed E-state index contributed by atoms with van der Waals surface area (Å²) >= 11 is 1.61.